The van der Waals surface area contributed by atoms with Crippen molar-refractivity contribution in [3.8, 4) is 0 Å². The van der Waals surface area contributed by atoms with Crippen LogP contribution in [0.4, 0.5) is 11.6 Å². The number of nitrogens with one attached hydrogen (secondary N) is 1. The molecule has 0 radical (unpaired) electrons. The van der Waals surface area contributed by atoms with E-state index in [0.29, 0.717) is 5.82 Å². The van der Waals surface area contributed by atoms with Crippen molar-refractivity contribution < 1.29 is 4.79 Å². The van der Waals surface area contributed by atoms with Crippen molar-refractivity contribution in [1.82, 2.24) is 15.2 Å². The number of aryl methyl sites for hydroxylation is 1. The van der Waals surface area contributed by atoms with Gasteiger partial charge in [-0.05, 0) is 46.6 Å². The second kappa shape index (κ2) is 5.09. The summed E-state index contributed by atoms with van der Waals surface area (Å²) in [6.45, 7) is 1.85. The molecule has 18 heavy (non-hydrogen) atoms. The highest BCUT2D eigenvalue weighted by Crippen LogP contribution is 2.17. The van der Waals surface area contributed by atoms with Gasteiger partial charge >= 0.3 is 0 Å². The fraction of sp³-hybridized carbons (Fsp3) is 0.0909. The molecule has 0 unspecified atom stereocenters. The number of anilines is 2. The molecule has 6 nitrogen and oxygen atoms in total. The zero-order chi connectivity index (χ0) is 13.1. The van der Waals surface area contributed by atoms with Crippen LogP contribution in [0.3, 0.4) is 0 Å². The minimum atomic E-state index is -0.375. The maximum Gasteiger partial charge on any atom is 0.277 e. The van der Waals surface area contributed by atoms with Crippen molar-refractivity contribution in [2.75, 3.05) is 11.1 Å². The zero-order valence-corrected chi connectivity index (χ0v) is 11.1. The van der Waals surface area contributed by atoms with E-state index in [1.807, 2.05) is 13.0 Å². The molecule has 7 heteroatoms. The van der Waals surface area contributed by atoms with E-state index in [1.165, 1.54) is 12.1 Å². The minimum Gasteiger partial charge on any atom is -0.382 e. The van der Waals surface area contributed by atoms with Crippen LogP contribution in [0.2, 0.25) is 0 Å². The molecule has 0 aliphatic carbocycles. The Morgan fingerprint density at radius 1 is 1.39 bits per heavy atom. The molecule has 0 aliphatic heterocycles. The molecule has 3 N–H and O–H groups in total. The third-order valence-electron chi connectivity index (χ3n) is 2.19. The number of nitrogens with two attached hydrogens (primary N) is 1. The topological polar surface area (TPSA) is 93.8 Å². The van der Waals surface area contributed by atoms with E-state index in [1.54, 1.807) is 6.20 Å². The third-order valence-corrected chi connectivity index (χ3v) is 2.63. The largest absolute Gasteiger partial charge is 0.382 e. The molecule has 1 amide bonds. The van der Waals surface area contributed by atoms with Gasteiger partial charge in [-0.3, -0.25) is 4.79 Å². The molecule has 0 bridgehead atoms. The molecule has 0 atom stereocenters. The fourth-order valence-corrected chi connectivity index (χ4v) is 1.75. The Balaban J connectivity index is 2.18. The van der Waals surface area contributed by atoms with Crippen LogP contribution in [-0.2, 0) is 0 Å². The van der Waals surface area contributed by atoms with Crippen LogP contribution < -0.4 is 11.1 Å². The van der Waals surface area contributed by atoms with Gasteiger partial charge in [0.2, 0.25) is 0 Å². The van der Waals surface area contributed by atoms with Crippen LogP contribution in [0, 0.1) is 6.92 Å². The summed E-state index contributed by atoms with van der Waals surface area (Å²) in [5.74, 6) is 0.381. The Hall–Kier alpha value is -2.02. The van der Waals surface area contributed by atoms with E-state index in [4.69, 9.17) is 5.73 Å². The average molecular weight is 308 g/mol. The van der Waals surface area contributed by atoms with Gasteiger partial charge in [0.05, 0.1) is 0 Å². The van der Waals surface area contributed by atoms with E-state index in [9.17, 15) is 4.79 Å². The van der Waals surface area contributed by atoms with E-state index in [-0.39, 0.29) is 17.4 Å². The smallest absolute Gasteiger partial charge is 0.277 e. The number of rotatable bonds is 2. The van der Waals surface area contributed by atoms with Crippen LogP contribution >= 0.6 is 15.9 Å². The lowest BCUT2D eigenvalue weighted by atomic mass is 10.3. The molecule has 2 aromatic rings. The Kier molecular flexibility index (Phi) is 3.52. The number of carbonyl (C=O) groups excluding carboxylic acids is 1. The standard InChI is InChI=1S/C11H10BrN5O/c1-6-4-7(12)5-14-10(6)15-11(18)8-2-3-9(13)17-16-8/h2-5H,1H3,(H2,13,17)(H,14,15,18). The normalized spacial score (nSPS) is 10.1. The van der Waals surface area contributed by atoms with E-state index >= 15 is 0 Å². The number of amides is 1. The summed E-state index contributed by atoms with van der Waals surface area (Å²) in [6, 6.07) is 4.88. The van der Waals surface area contributed by atoms with Crippen molar-refractivity contribution in [3.63, 3.8) is 0 Å². The number of aromatic nitrogens is 3. The van der Waals surface area contributed by atoms with E-state index in [0.717, 1.165) is 10.0 Å². The number of nitrogens with zero attached hydrogens (tertiary/aromatic N) is 3. The molecular formula is C11H10BrN5O. The highest BCUT2D eigenvalue weighted by Gasteiger charge is 2.10. The lowest BCUT2D eigenvalue weighted by Crippen LogP contribution is -2.16. The van der Waals surface area contributed by atoms with Crippen LogP contribution in [0.5, 0.6) is 0 Å². The van der Waals surface area contributed by atoms with E-state index in [2.05, 4.69) is 36.4 Å². The number of hydrogen-bond acceptors (Lipinski definition) is 5. The number of halogens is 1. The third kappa shape index (κ3) is 2.80. The van der Waals surface area contributed by atoms with Crippen molar-refractivity contribution in [1.29, 1.82) is 0 Å². The summed E-state index contributed by atoms with van der Waals surface area (Å²) in [4.78, 5) is 16.0. The van der Waals surface area contributed by atoms with Gasteiger partial charge in [-0.15, -0.1) is 10.2 Å². The molecular weight excluding hydrogens is 298 g/mol. The van der Waals surface area contributed by atoms with Crippen molar-refractivity contribution in [3.05, 3.63) is 40.1 Å². The van der Waals surface area contributed by atoms with Gasteiger partial charge in [0.25, 0.3) is 5.91 Å². The van der Waals surface area contributed by atoms with Gasteiger partial charge < -0.3 is 11.1 Å². The second-order valence-electron chi connectivity index (χ2n) is 3.62. The lowest BCUT2D eigenvalue weighted by molar-refractivity contribution is 0.102. The Labute approximate surface area is 112 Å². The first-order valence-electron chi connectivity index (χ1n) is 5.09. The first kappa shape index (κ1) is 12.4. The molecule has 2 heterocycles. The highest BCUT2D eigenvalue weighted by molar-refractivity contribution is 9.10. The Morgan fingerprint density at radius 2 is 2.17 bits per heavy atom. The van der Waals surface area contributed by atoms with Gasteiger partial charge in [-0.2, -0.15) is 0 Å². The van der Waals surface area contributed by atoms with Gasteiger partial charge in [0, 0.05) is 10.7 Å². The average Bonchev–Trinajstić information content (AvgIpc) is 2.33. The summed E-state index contributed by atoms with van der Waals surface area (Å²) >= 11 is 3.30. The fourth-order valence-electron chi connectivity index (χ4n) is 1.31. The van der Waals surface area contributed by atoms with Crippen molar-refractivity contribution in [2.45, 2.75) is 6.92 Å². The summed E-state index contributed by atoms with van der Waals surface area (Å²) in [5.41, 5.74) is 6.43. The SMILES string of the molecule is Cc1cc(Br)cnc1NC(=O)c1ccc(N)nn1. The van der Waals surface area contributed by atoms with Crippen molar-refractivity contribution >= 4 is 33.5 Å². The second-order valence-corrected chi connectivity index (χ2v) is 4.53. The number of hydrogen-bond donors (Lipinski definition) is 2. The lowest BCUT2D eigenvalue weighted by Gasteiger charge is -2.06. The van der Waals surface area contributed by atoms with Gasteiger partial charge in [-0.1, -0.05) is 0 Å². The maximum absolute atomic E-state index is 11.9. The monoisotopic (exact) mass is 307 g/mol. The summed E-state index contributed by atoms with van der Waals surface area (Å²) in [6.07, 6.45) is 1.61. The number of nitrogen functional groups attached to an aromatic ring is 1. The van der Waals surface area contributed by atoms with Crippen LogP contribution in [-0.4, -0.2) is 21.1 Å². The summed E-state index contributed by atoms with van der Waals surface area (Å²) < 4.78 is 0.852. The van der Waals surface area contributed by atoms with Crippen LogP contribution in [0.25, 0.3) is 0 Å². The van der Waals surface area contributed by atoms with Gasteiger partial charge in [-0.25, -0.2) is 4.98 Å². The first-order chi connectivity index (χ1) is 8.56. The molecule has 0 aliphatic rings. The molecule has 0 saturated heterocycles. The number of pyridine rings is 1. The quantitative estimate of drug-likeness (QED) is 0.882. The van der Waals surface area contributed by atoms with E-state index < -0.39 is 0 Å². The molecule has 0 aromatic carbocycles. The predicted octanol–water partition coefficient (Wildman–Crippen LogP) is 1.78. The zero-order valence-electron chi connectivity index (χ0n) is 9.51. The number of carbonyl (C=O) groups is 1. The Morgan fingerprint density at radius 3 is 2.78 bits per heavy atom. The molecule has 0 saturated carbocycles. The molecule has 92 valence electrons. The minimum absolute atomic E-state index is 0.188. The van der Waals surface area contributed by atoms with Crippen LogP contribution in [0.1, 0.15) is 16.1 Å². The molecule has 0 spiro atoms. The van der Waals surface area contributed by atoms with Gasteiger partial charge in [0.1, 0.15) is 11.6 Å². The predicted molar refractivity (Wildman–Crippen MR) is 71.1 cm³/mol. The van der Waals surface area contributed by atoms with Gasteiger partial charge in [0.15, 0.2) is 5.69 Å². The van der Waals surface area contributed by atoms with Crippen molar-refractivity contribution in [2.24, 2.45) is 0 Å². The van der Waals surface area contributed by atoms with Crippen LogP contribution in [0.15, 0.2) is 28.9 Å². The first-order valence-corrected chi connectivity index (χ1v) is 5.88. The molecule has 0 fully saturated rings. The maximum atomic E-state index is 11.9. The summed E-state index contributed by atoms with van der Waals surface area (Å²) in [7, 11) is 0. The summed E-state index contributed by atoms with van der Waals surface area (Å²) in [5, 5.41) is 9.97. The molecule has 2 rings (SSSR count). The highest BCUT2D eigenvalue weighted by atomic mass is 79.9. The molecule has 2 aromatic heterocycles. The Bertz CT molecular complexity index is 584.